The third kappa shape index (κ3) is 8.19. The molecule has 1 aromatic carbocycles. The Morgan fingerprint density at radius 3 is 2.52 bits per heavy atom. The topological polar surface area (TPSA) is 59.6 Å². The van der Waals surface area contributed by atoms with Gasteiger partial charge in [-0.2, -0.15) is 13.2 Å². The molecular formula is C14H20F3N3O. The van der Waals surface area contributed by atoms with Crippen molar-refractivity contribution in [1.82, 2.24) is 0 Å². The van der Waals surface area contributed by atoms with Gasteiger partial charge in [0.1, 0.15) is 6.61 Å². The molecule has 0 unspecified atom stereocenters. The lowest BCUT2D eigenvalue weighted by atomic mass is 10.1. The molecule has 0 amide bonds. The van der Waals surface area contributed by atoms with Gasteiger partial charge >= 0.3 is 6.18 Å². The minimum Gasteiger partial charge on any atom is -0.372 e. The molecule has 7 heteroatoms. The highest BCUT2D eigenvalue weighted by molar-refractivity contribution is 5.92. The average molecular weight is 303 g/mol. The maximum absolute atomic E-state index is 11.8. The Morgan fingerprint density at radius 2 is 1.95 bits per heavy atom. The number of aliphatic imine (C=N–C) groups is 1. The van der Waals surface area contributed by atoms with E-state index in [-0.39, 0.29) is 12.6 Å². The van der Waals surface area contributed by atoms with Gasteiger partial charge in [-0.15, -0.1) is 0 Å². The monoisotopic (exact) mass is 303 g/mol. The molecule has 1 rings (SSSR count). The number of aryl methyl sites for hydroxylation is 1. The maximum Gasteiger partial charge on any atom is 0.411 e. The minimum absolute atomic E-state index is 0.00148. The highest BCUT2D eigenvalue weighted by Gasteiger charge is 2.27. The Hall–Kier alpha value is -1.76. The summed E-state index contributed by atoms with van der Waals surface area (Å²) in [4.78, 5) is 4.02. The lowest BCUT2D eigenvalue weighted by Gasteiger charge is -2.07. The first kappa shape index (κ1) is 17.3. The van der Waals surface area contributed by atoms with Gasteiger partial charge in [-0.1, -0.05) is 19.1 Å². The molecule has 0 aromatic heterocycles. The van der Waals surface area contributed by atoms with Crippen LogP contribution in [0.25, 0.3) is 0 Å². The van der Waals surface area contributed by atoms with E-state index < -0.39 is 12.8 Å². The van der Waals surface area contributed by atoms with Crippen molar-refractivity contribution in [3.63, 3.8) is 0 Å². The molecule has 0 aliphatic heterocycles. The van der Waals surface area contributed by atoms with E-state index >= 15 is 0 Å². The lowest BCUT2D eigenvalue weighted by Crippen LogP contribution is -2.23. The molecule has 0 saturated heterocycles. The quantitative estimate of drug-likeness (QED) is 0.462. The van der Waals surface area contributed by atoms with E-state index in [2.05, 4.69) is 22.0 Å². The van der Waals surface area contributed by atoms with Gasteiger partial charge in [-0.25, -0.2) is 0 Å². The second kappa shape index (κ2) is 8.51. The van der Waals surface area contributed by atoms with Crippen molar-refractivity contribution in [3.8, 4) is 0 Å². The fourth-order valence-electron chi connectivity index (χ4n) is 1.57. The van der Waals surface area contributed by atoms with Crippen LogP contribution in [0.4, 0.5) is 18.9 Å². The summed E-state index contributed by atoms with van der Waals surface area (Å²) in [5.74, 6) is 0.232. The van der Waals surface area contributed by atoms with Crippen molar-refractivity contribution in [2.75, 3.05) is 25.1 Å². The molecule has 0 saturated carbocycles. The largest absolute Gasteiger partial charge is 0.411 e. The molecule has 1 aromatic rings. The van der Waals surface area contributed by atoms with Crippen molar-refractivity contribution in [3.05, 3.63) is 29.8 Å². The molecule has 0 fully saturated rings. The SMILES string of the molecule is CCc1ccc(NC(N)=NCCCOCC(F)(F)F)cc1. The second-order valence-corrected chi connectivity index (χ2v) is 4.46. The number of ether oxygens (including phenoxy) is 1. The number of guanidine groups is 1. The fraction of sp³-hybridized carbons (Fsp3) is 0.500. The van der Waals surface area contributed by atoms with Crippen LogP contribution in [0, 0.1) is 0 Å². The summed E-state index contributed by atoms with van der Waals surface area (Å²) >= 11 is 0. The summed E-state index contributed by atoms with van der Waals surface area (Å²) in [7, 11) is 0. The van der Waals surface area contributed by atoms with Crippen molar-refractivity contribution in [2.45, 2.75) is 25.9 Å². The van der Waals surface area contributed by atoms with E-state index in [4.69, 9.17) is 5.73 Å². The predicted octanol–water partition coefficient (Wildman–Crippen LogP) is 2.94. The Morgan fingerprint density at radius 1 is 1.29 bits per heavy atom. The summed E-state index contributed by atoms with van der Waals surface area (Å²) in [6.45, 7) is 1.15. The Kier molecular flexibility index (Phi) is 7.01. The first-order chi connectivity index (χ1) is 9.90. The fourth-order valence-corrected chi connectivity index (χ4v) is 1.57. The molecule has 0 spiro atoms. The van der Waals surface area contributed by atoms with E-state index in [1.165, 1.54) is 5.56 Å². The van der Waals surface area contributed by atoms with Gasteiger partial charge in [0, 0.05) is 18.8 Å². The third-order valence-electron chi connectivity index (χ3n) is 2.63. The maximum atomic E-state index is 11.8. The first-order valence-electron chi connectivity index (χ1n) is 6.71. The summed E-state index contributed by atoms with van der Waals surface area (Å²) < 4.78 is 39.9. The molecular weight excluding hydrogens is 283 g/mol. The molecule has 3 N–H and O–H groups in total. The summed E-state index contributed by atoms with van der Waals surface area (Å²) in [6.07, 6.45) is -2.94. The number of hydrogen-bond donors (Lipinski definition) is 2. The van der Waals surface area contributed by atoms with Gasteiger partial charge < -0.3 is 15.8 Å². The van der Waals surface area contributed by atoms with Crippen LogP contribution in [0.5, 0.6) is 0 Å². The highest BCUT2D eigenvalue weighted by Crippen LogP contribution is 2.14. The van der Waals surface area contributed by atoms with Crippen LogP contribution in [-0.2, 0) is 11.2 Å². The Bertz CT molecular complexity index is 444. The number of nitrogens with zero attached hydrogens (tertiary/aromatic N) is 1. The molecule has 0 aliphatic carbocycles. The number of nitrogens with two attached hydrogens (primary N) is 1. The molecule has 118 valence electrons. The van der Waals surface area contributed by atoms with Crippen molar-refractivity contribution < 1.29 is 17.9 Å². The zero-order valence-corrected chi connectivity index (χ0v) is 11.9. The van der Waals surface area contributed by atoms with Gasteiger partial charge in [-0.05, 0) is 30.5 Å². The van der Waals surface area contributed by atoms with Crippen LogP contribution in [0.1, 0.15) is 18.9 Å². The van der Waals surface area contributed by atoms with Crippen LogP contribution >= 0.6 is 0 Å². The number of alkyl halides is 3. The van der Waals surface area contributed by atoms with Gasteiger partial charge in [-0.3, -0.25) is 4.99 Å². The summed E-state index contributed by atoms with van der Waals surface area (Å²) in [5, 5.41) is 2.92. The standard InChI is InChI=1S/C14H20F3N3O/c1-2-11-4-6-12(7-5-11)20-13(18)19-8-3-9-21-10-14(15,16)17/h4-7H,2-3,8-10H2,1H3,(H3,18,19,20). The smallest absolute Gasteiger partial charge is 0.372 e. The molecule has 0 bridgehead atoms. The number of hydrogen-bond acceptors (Lipinski definition) is 2. The molecule has 21 heavy (non-hydrogen) atoms. The van der Waals surface area contributed by atoms with Crippen molar-refractivity contribution in [1.29, 1.82) is 0 Å². The molecule has 0 radical (unpaired) electrons. The van der Waals surface area contributed by atoms with E-state index in [1.54, 1.807) is 0 Å². The Labute approximate surface area is 122 Å². The highest BCUT2D eigenvalue weighted by atomic mass is 19.4. The zero-order valence-electron chi connectivity index (χ0n) is 11.9. The summed E-state index contributed by atoms with van der Waals surface area (Å²) in [5.41, 5.74) is 7.72. The third-order valence-corrected chi connectivity index (χ3v) is 2.63. The number of anilines is 1. The molecule has 0 heterocycles. The number of rotatable bonds is 7. The van der Waals surface area contributed by atoms with Crippen LogP contribution in [0.2, 0.25) is 0 Å². The molecule has 0 aliphatic rings. The van der Waals surface area contributed by atoms with E-state index in [0.29, 0.717) is 13.0 Å². The predicted molar refractivity (Wildman–Crippen MR) is 77.4 cm³/mol. The van der Waals surface area contributed by atoms with Gasteiger partial charge in [0.25, 0.3) is 0 Å². The van der Waals surface area contributed by atoms with E-state index in [0.717, 1.165) is 12.1 Å². The van der Waals surface area contributed by atoms with Crippen LogP contribution in [0.3, 0.4) is 0 Å². The number of benzene rings is 1. The lowest BCUT2D eigenvalue weighted by molar-refractivity contribution is -0.173. The normalized spacial score (nSPS) is 12.5. The average Bonchev–Trinajstić information content (AvgIpc) is 2.42. The zero-order chi connectivity index (χ0) is 15.7. The van der Waals surface area contributed by atoms with Gasteiger partial charge in [0.15, 0.2) is 5.96 Å². The van der Waals surface area contributed by atoms with E-state index in [1.807, 2.05) is 24.3 Å². The van der Waals surface area contributed by atoms with Crippen molar-refractivity contribution >= 4 is 11.6 Å². The van der Waals surface area contributed by atoms with Gasteiger partial charge in [0.05, 0.1) is 0 Å². The van der Waals surface area contributed by atoms with Crippen LogP contribution in [0.15, 0.2) is 29.3 Å². The van der Waals surface area contributed by atoms with Crippen molar-refractivity contribution in [2.24, 2.45) is 10.7 Å². The van der Waals surface area contributed by atoms with Gasteiger partial charge in [0.2, 0.25) is 0 Å². The Balaban J connectivity index is 2.23. The summed E-state index contributed by atoms with van der Waals surface area (Å²) in [6, 6.07) is 7.77. The minimum atomic E-state index is -4.28. The second-order valence-electron chi connectivity index (χ2n) is 4.46. The van der Waals surface area contributed by atoms with Crippen LogP contribution < -0.4 is 11.1 Å². The van der Waals surface area contributed by atoms with Crippen LogP contribution in [-0.4, -0.2) is 31.9 Å². The molecule has 4 nitrogen and oxygen atoms in total. The number of nitrogens with one attached hydrogen (secondary N) is 1. The number of halogens is 3. The van der Waals surface area contributed by atoms with E-state index in [9.17, 15) is 13.2 Å². The first-order valence-corrected chi connectivity index (χ1v) is 6.71. The molecule has 0 atom stereocenters.